The number of hydrogen-bond acceptors (Lipinski definition) is 3. The van der Waals surface area contributed by atoms with Gasteiger partial charge in [-0.3, -0.25) is 0 Å². The minimum absolute atomic E-state index is 0.248. The molecule has 4 rings (SSSR count). The van der Waals surface area contributed by atoms with E-state index in [0.717, 1.165) is 33.5 Å². The van der Waals surface area contributed by atoms with Crippen molar-refractivity contribution in [3.05, 3.63) is 90.0 Å². The van der Waals surface area contributed by atoms with E-state index in [2.05, 4.69) is 19.1 Å². The Morgan fingerprint density at radius 3 is 2.38 bits per heavy atom. The highest BCUT2D eigenvalue weighted by atomic mass is 16.5. The molecule has 0 radical (unpaired) electrons. The van der Waals surface area contributed by atoms with Crippen molar-refractivity contribution >= 4 is 10.9 Å². The number of phenolic OH excluding ortho intramolecular Hbond substituents is 1. The molecule has 3 aromatic carbocycles. The molecule has 0 bridgehead atoms. The predicted octanol–water partition coefficient (Wildman–Crippen LogP) is 5.49. The Morgan fingerprint density at radius 2 is 1.62 bits per heavy atom. The summed E-state index contributed by atoms with van der Waals surface area (Å²) in [6.07, 6.45) is 0. The molecule has 26 heavy (non-hydrogen) atoms. The highest BCUT2D eigenvalue weighted by molar-refractivity contribution is 5.85. The lowest BCUT2D eigenvalue weighted by Gasteiger charge is -2.12. The third-order valence-corrected chi connectivity index (χ3v) is 4.38. The van der Waals surface area contributed by atoms with Gasteiger partial charge >= 0.3 is 0 Å². The van der Waals surface area contributed by atoms with Crippen molar-refractivity contribution in [3.8, 4) is 22.8 Å². The van der Waals surface area contributed by atoms with Crippen molar-refractivity contribution in [3.63, 3.8) is 0 Å². The molecule has 0 aliphatic rings. The number of aromatic nitrogens is 1. The number of aryl methyl sites for hydroxylation is 1. The SMILES string of the molecule is Cc1ccc(OCc2cc(-c3ccc(O)cc3)nc3ccccc23)cc1. The van der Waals surface area contributed by atoms with Gasteiger partial charge in [-0.15, -0.1) is 0 Å². The molecule has 128 valence electrons. The van der Waals surface area contributed by atoms with Crippen LogP contribution in [0.15, 0.2) is 78.9 Å². The number of fused-ring (bicyclic) bond motifs is 1. The van der Waals surface area contributed by atoms with Crippen LogP contribution in [0.4, 0.5) is 0 Å². The van der Waals surface area contributed by atoms with Gasteiger partial charge in [-0.05, 0) is 55.5 Å². The summed E-state index contributed by atoms with van der Waals surface area (Å²) in [6, 6.07) is 25.3. The van der Waals surface area contributed by atoms with Gasteiger partial charge in [-0.2, -0.15) is 0 Å². The number of hydrogen-bond donors (Lipinski definition) is 1. The Balaban J connectivity index is 1.72. The van der Waals surface area contributed by atoms with Crippen LogP contribution in [0, 0.1) is 6.92 Å². The standard InChI is InChI=1S/C23H19NO2/c1-16-6-12-20(13-7-16)26-15-18-14-23(17-8-10-19(25)11-9-17)24-22-5-3-2-4-21(18)22/h2-14,25H,15H2,1H3. The fraction of sp³-hybridized carbons (Fsp3) is 0.0870. The summed E-state index contributed by atoms with van der Waals surface area (Å²) in [5.74, 6) is 1.10. The van der Waals surface area contributed by atoms with Crippen LogP contribution in [0.3, 0.4) is 0 Å². The first kappa shape index (κ1) is 16.2. The van der Waals surface area contributed by atoms with Gasteiger partial charge in [0.1, 0.15) is 18.1 Å². The van der Waals surface area contributed by atoms with E-state index in [4.69, 9.17) is 9.72 Å². The third kappa shape index (κ3) is 3.38. The number of aromatic hydroxyl groups is 1. The highest BCUT2D eigenvalue weighted by Crippen LogP contribution is 2.27. The first-order chi connectivity index (χ1) is 12.7. The summed E-state index contributed by atoms with van der Waals surface area (Å²) in [5.41, 5.74) is 5.05. The van der Waals surface area contributed by atoms with E-state index < -0.39 is 0 Å². The van der Waals surface area contributed by atoms with Gasteiger partial charge in [0.15, 0.2) is 0 Å². The monoisotopic (exact) mass is 341 g/mol. The number of pyridine rings is 1. The number of nitrogens with zero attached hydrogens (tertiary/aromatic N) is 1. The van der Waals surface area contributed by atoms with Gasteiger partial charge in [-0.25, -0.2) is 4.98 Å². The molecular weight excluding hydrogens is 322 g/mol. The van der Waals surface area contributed by atoms with Crippen molar-refractivity contribution in [1.29, 1.82) is 0 Å². The molecule has 1 heterocycles. The van der Waals surface area contributed by atoms with Crippen molar-refractivity contribution in [2.24, 2.45) is 0 Å². The van der Waals surface area contributed by atoms with Gasteiger partial charge in [-0.1, -0.05) is 35.9 Å². The zero-order chi connectivity index (χ0) is 17.9. The molecule has 0 saturated carbocycles. The lowest BCUT2D eigenvalue weighted by molar-refractivity contribution is 0.307. The molecule has 0 atom stereocenters. The summed E-state index contributed by atoms with van der Waals surface area (Å²) in [5, 5.41) is 10.6. The van der Waals surface area contributed by atoms with Gasteiger partial charge in [0.25, 0.3) is 0 Å². The third-order valence-electron chi connectivity index (χ3n) is 4.38. The van der Waals surface area contributed by atoms with E-state index >= 15 is 0 Å². The summed E-state index contributed by atoms with van der Waals surface area (Å²) >= 11 is 0. The van der Waals surface area contributed by atoms with Crippen LogP contribution in [0.25, 0.3) is 22.2 Å². The predicted molar refractivity (Wildman–Crippen MR) is 104 cm³/mol. The summed E-state index contributed by atoms with van der Waals surface area (Å²) in [4.78, 5) is 4.77. The van der Waals surface area contributed by atoms with Gasteiger partial charge in [0.2, 0.25) is 0 Å². The zero-order valence-corrected chi connectivity index (χ0v) is 14.5. The number of para-hydroxylation sites is 1. The maximum atomic E-state index is 9.52. The largest absolute Gasteiger partial charge is 0.508 e. The van der Waals surface area contributed by atoms with Crippen LogP contribution >= 0.6 is 0 Å². The molecule has 4 aromatic rings. The molecule has 0 saturated heterocycles. The molecule has 3 heteroatoms. The van der Waals surface area contributed by atoms with Crippen molar-refractivity contribution in [2.75, 3.05) is 0 Å². The number of rotatable bonds is 4. The maximum absolute atomic E-state index is 9.52. The first-order valence-corrected chi connectivity index (χ1v) is 8.56. The van der Waals surface area contributed by atoms with E-state index in [1.165, 1.54) is 5.56 Å². The van der Waals surface area contributed by atoms with Gasteiger partial charge in [0.05, 0.1) is 11.2 Å². The number of ether oxygens (including phenoxy) is 1. The van der Waals surface area contributed by atoms with E-state index in [0.29, 0.717) is 6.61 Å². The molecule has 0 aliphatic carbocycles. The second-order valence-corrected chi connectivity index (χ2v) is 6.33. The second-order valence-electron chi connectivity index (χ2n) is 6.33. The fourth-order valence-corrected chi connectivity index (χ4v) is 2.94. The zero-order valence-electron chi connectivity index (χ0n) is 14.5. The van der Waals surface area contributed by atoms with Gasteiger partial charge in [0, 0.05) is 16.5 Å². The lowest BCUT2D eigenvalue weighted by Crippen LogP contribution is -1.99. The molecular formula is C23H19NO2. The van der Waals surface area contributed by atoms with Crippen LogP contribution in [0.1, 0.15) is 11.1 Å². The Kier molecular flexibility index (Phi) is 4.28. The average Bonchev–Trinajstić information content (AvgIpc) is 2.68. The summed E-state index contributed by atoms with van der Waals surface area (Å²) in [7, 11) is 0. The molecule has 1 N–H and O–H groups in total. The van der Waals surface area contributed by atoms with Crippen molar-refractivity contribution < 1.29 is 9.84 Å². The molecule has 0 amide bonds. The molecule has 1 aromatic heterocycles. The van der Waals surface area contributed by atoms with Crippen LogP contribution in [-0.2, 0) is 6.61 Å². The lowest BCUT2D eigenvalue weighted by atomic mass is 10.0. The Labute approximate surface area is 152 Å². The molecule has 0 aliphatic heterocycles. The maximum Gasteiger partial charge on any atom is 0.119 e. The van der Waals surface area contributed by atoms with E-state index in [9.17, 15) is 5.11 Å². The Hall–Kier alpha value is -3.33. The Morgan fingerprint density at radius 1 is 0.885 bits per heavy atom. The normalized spacial score (nSPS) is 10.8. The fourth-order valence-electron chi connectivity index (χ4n) is 2.94. The second kappa shape index (κ2) is 6.89. The number of phenols is 1. The van der Waals surface area contributed by atoms with Crippen LogP contribution in [-0.4, -0.2) is 10.1 Å². The van der Waals surface area contributed by atoms with E-state index in [-0.39, 0.29) is 5.75 Å². The van der Waals surface area contributed by atoms with E-state index in [1.54, 1.807) is 12.1 Å². The smallest absolute Gasteiger partial charge is 0.119 e. The molecule has 3 nitrogen and oxygen atoms in total. The van der Waals surface area contributed by atoms with Crippen LogP contribution in [0.5, 0.6) is 11.5 Å². The summed E-state index contributed by atoms with van der Waals surface area (Å²) < 4.78 is 6.00. The van der Waals surface area contributed by atoms with Crippen molar-refractivity contribution in [2.45, 2.75) is 13.5 Å². The average molecular weight is 341 g/mol. The number of benzene rings is 3. The van der Waals surface area contributed by atoms with Crippen molar-refractivity contribution in [1.82, 2.24) is 4.98 Å². The molecule has 0 unspecified atom stereocenters. The van der Waals surface area contributed by atoms with Crippen LogP contribution < -0.4 is 4.74 Å². The van der Waals surface area contributed by atoms with Gasteiger partial charge < -0.3 is 9.84 Å². The molecule has 0 spiro atoms. The van der Waals surface area contributed by atoms with Crippen LogP contribution in [0.2, 0.25) is 0 Å². The molecule has 0 fully saturated rings. The summed E-state index contributed by atoms with van der Waals surface area (Å²) in [6.45, 7) is 2.53. The first-order valence-electron chi connectivity index (χ1n) is 8.56. The minimum atomic E-state index is 0.248. The Bertz CT molecular complexity index is 1040. The van der Waals surface area contributed by atoms with E-state index in [1.807, 2.05) is 54.6 Å². The highest BCUT2D eigenvalue weighted by Gasteiger charge is 2.08. The quantitative estimate of drug-likeness (QED) is 0.533. The minimum Gasteiger partial charge on any atom is -0.508 e. The topological polar surface area (TPSA) is 42.4 Å².